The molecule has 0 unspecified atom stereocenters. The van der Waals surface area contributed by atoms with Crippen LogP contribution in [0.4, 0.5) is 0 Å². The summed E-state index contributed by atoms with van der Waals surface area (Å²) in [6.45, 7) is 1.75. The molecule has 0 aliphatic rings. The first-order valence-corrected chi connectivity index (χ1v) is 6.07. The molecule has 2 aromatic rings. The molecule has 6 nitrogen and oxygen atoms in total. The summed E-state index contributed by atoms with van der Waals surface area (Å²) in [5.41, 5.74) is 1.61. The predicted molar refractivity (Wildman–Crippen MR) is 72.8 cm³/mol. The summed E-state index contributed by atoms with van der Waals surface area (Å²) in [7, 11) is 1.53. The monoisotopic (exact) mass is 273 g/mol. The molecule has 6 heteroatoms. The number of hydrogen-bond acceptors (Lipinski definition) is 4. The molecule has 0 bridgehead atoms. The van der Waals surface area contributed by atoms with E-state index >= 15 is 0 Å². The van der Waals surface area contributed by atoms with Gasteiger partial charge in [-0.1, -0.05) is 6.07 Å². The quantitative estimate of drug-likeness (QED) is 0.809. The molecule has 2 rings (SSSR count). The van der Waals surface area contributed by atoms with Gasteiger partial charge < -0.3 is 15.0 Å². The topological polar surface area (TPSA) is 84.1 Å². The van der Waals surface area contributed by atoms with Crippen LogP contribution in [-0.2, 0) is 6.54 Å². The summed E-state index contributed by atoms with van der Waals surface area (Å²) >= 11 is 0. The van der Waals surface area contributed by atoms with Gasteiger partial charge in [0, 0.05) is 30.1 Å². The number of H-pyrrole nitrogens is 1. The third-order valence-electron chi connectivity index (χ3n) is 2.82. The van der Waals surface area contributed by atoms with Crippen molar-refractivity contribution >= 4 is 11.7 Å². The molecule has 0 aromatic carbocycles. The number of rotatable bonds is 5. The van der Waals surface area contributed by atoms with Crippen molar-refractivity contribution in [1.29, 1.82) is 0 Å². The summed E-state index contributed by atoms with van der Waals surface area (Å²) in [6.07, 6.45) is 3.14. The van der Waals surface area contributed by atoms with Crippen molar-refractivity contribution in [2.24, 2.45) is 0 Å². The molecule has 2 aromatic heterocycles. The largest absolute Gasteiger partial charge is 0.481 e. The van der Waals surface area contributed by atoms with Gasteiger partial charge >= 0.3 is 0 Å². The van der Waals surface area contributed by atoms with E-state index in [2.05, 4.69) is 15.3 Å². The van der Waals surface area contributed by atoms with E-state index in [1.807, 2.05) is 6.07 Å². The van der Waals surface area contributed by atoms with E-state index < -0.39 is 0 Å². The number of carbonyl (C=O) groups is 2. The van der Waals surface area contributed by atoms with E-state index in [9.17, 15) is 9.59 Å². The van der Waals surface area contributed by atoms with Gasteiger partial charge in [0.15, 0.2) is 5.78 Å². The molecule has 2 heterocycles. The molecular formula is C14H15N3O3. The van der Waals surface area contributed by atoms with Gasteiger partial charge in [-0.25, -0.2) is 4.98 Å². The second-order valence-corrected chi connectivity index (χ2v) is 4.21. The number of Topliss-reactive ketones (excluding diaryl/α,β-unsaturated/α-hetero) is 1. The van der Waals surface area contributed by atoms with Crippen LogP contribution < -0.4 is 10.1 Å². The fraction of sp³-hybridized carbons (Fsp3) is 0.214. The minimum absolute atomic E-state index is 0.0887. The van der Waals surface area contributed by atoms with E-state index in [0.717, 1.165) is 5.56 Å². The molecule has 2 N–H and O–H groups in total. The standard InChI is InChI=1S/C14H15N3O3/c1-9(18)11-6-12(16-8-11)13(19)17-7-10-4-3-5-15-14(10)20-2/h3-6,8,16H,7H2,1-2H3,(H,17,19). The number of ketones is 1. The second kappa shape index (κ2) is 6.01. The number of carbonyl (C=O) groups excluding carboxylic acids is 2. The number of hydrogen-bond donors (Lipinski definition) is 2. The number of amides is 1. The predicted octanol–water partition coefficient (Wildman–Crippen LogP) is 1.55. The van der Waals surface area contributed by atoms with Crippen molar-refractivity contribution in [3.05, 3.63) is 47.4 Å². The van der Waals surface area contributed by atoms with Crippen LogP contribution >= 0.6 is 0 Å². The van der Waals surface area contributed by atoms with Crippen molar-refractivity contribution in [3.8, 4) is 5.88 Å². The molecule has 0 saturated carbocycles. The fourth-order valence-electron chi connectivity index (χ4n) is 1.74. The van der Waals surface area contributed by atoms with Crippen LogP contribution in [0.5, 0.6) is 5.88 Å². The Morgan fingerprint density at radius 3 is 2.90 bits per heavy atom. The lowest BCUT2D eigenvalue weighted by atomic mass is 10.2. The molecule has 1 amide bonds. The number of aromatic amines is 1. The Hall–Kier alpha value is -2.63. The van der Waals surface area contributed by atoms with Crippen LogP contribution in [0.15, 0.2) is 30.6 Å². The first-order valence-electron chi connectivity index (χ1n) is 6.07. The van der Waals surface area contributed by atoms with E-state index in [1.165, 1.54) is 26.3 Å². The highest BCUT2D eigenvalue weighted by atomic mass is 16.5. The van der Waals surface area contributed by atoms with Gasteiger partial charge in [0.1, 0.15) is 5.69 Å². The molecule has 0 spiro atoms. The van der Waals surface area contributed by atoms with Crippen LogP contribution in [0, 0.1) is 0 Å². The number of ether oxygens (including phenoxy) is 1. The van der Waals surface area contributed by atoms with Gasteiger partial charge in [0.05, 0.1) is 7.11 Å². The molecule has 0 radical (unpaired) electrons. The Bertz CT molecular complexity index is 634. The maximum atomic E-state index is 11.9. The van der Waals surface area contributed by atoms with Crippen molar-refractivity contribution in [2.75, 3.05) is 7.11 Å². The van der Waals surface area contributed by atoms with Gasteiger partial charge in [-0.3, -0.25) is 9.59 Å². The van der Waals surface area contributed by atoms with Crippen LogP contribution in [-0.4, -0.2) is 28.8 Å². The lowest BCUT2D eigenvalue weighted by Gasteiger charge is -2.07. The van der Waals surface area contributed by atoms with Crippen molar-refractivity contribution in [3.63, 3.8) is 0 Å². The Balaban J connectivity index is 2.03. The lowest BCUT2D eigenvalue weighted by Crippen LogP contribution is -2.23. The maximum absolute atomic E-state index is 11.9. The van der Waals surface area contributed by atoms with Gasteiger partial charge in [-0.2, -0.15) is 0 Å². The highest BCUT2D eigenvalue weighted by molar-refractivity contribution is 5.99. The third kappa shape index (κ3) is 3.03. The van der Waals surface area contributed by atoms with Crippen molar-refractivity contribution in [2.45, 2.75) is 13.5 Å². The maximum Gasteiger partial charge on any atom is 0.267 e. The van der Waals surface area contributed by atoms with Gasteiger partial charge in [0.25, 0.3) is 5.91 Å². The summed E-state index contributed by atoms with van der Waals surface area (Å²) < 4.78 is 5.10. The molecule has 0 saturated heterocycles. The Kier molecular flexibility index (Phi) is 4.14. The molecule has 0 aliphatic carbocycles. The third-order valence-corrected chi connectivity index (χ3v) is 2.82. The first-order chi connectivity index (χ1) is 9.61. The van der Waals surface area contributed by atoms with E-state index in [0.29, 0.717) is 23.7 Å². The van der Waals surface area contributed by atoms with Gasteiger partial charge in [0.2, 0.25) is 5.88 Å². The van der Waals surface area contributed by atoms with Crippen LogP contribution in [0.25, 0.3) is 0 Å². The van der Waals surface area contributed by atoms with Gasteiger partial charge in [-0.15, -0.1) is 0 Å². The van der Waals surface area contributed by atoms with E-state index in [1.54, 1.807) is 12.3 Å². The Morgan fingerprint density at radius 2 is 2.25 bits per heavy atom. The summed E-state index contributed by atoms with van der Waals surface area (Å²) in [6, 6.07) is 5.12. The molecule has 0 aliphatic heterocycles. The minimum atomic E-state index is -0.289. The Labute approximate surface area is 116 Å². The smallest absolute Gasteiger partial charge is 0.267 e. The second-order valence-electron chi connectivity index (χ2n) is 4.21. The minimum Gasteiger partial charge on any atom is -0.481 e. The fourth-order valence-corrected chi connectivity index (χ4v) is 1.74. The van der Waals surface area contributed by atoms with Crippen LogP contribution in [0.2, 0.25) is 0 Å². The van der Waals surface area contributed by atoms with Crippen molar-refractivity contribution < 1.29 is 14.3 Å². The molecular weight excluding hydrogens is 258 g/mol. The zero-order valence-corrected chi connectivity index (χ0v) is 11.3. The number of aromatic nitrogens is 2. The first kappa shape index (κ1) is 13.8. The lowest BCUT2D eigenvalue weighted by molar-refractivity contribution is 0.0946. The Morgan fingerprint density at radius 1 is 1.45 bits per heavy atom. The molecule has 20 heavy (non-hydrogen) atoms. The van der Waals surface area contributed by atoms with E-state index in [4.69, 9.17) is 4.74 Å². The molecule has 0 fully saturated rings. The number of methoxy groups -OCH3 is 1. The normalized spacial score (nSPS) is 10.1. The highest BCUT2D eigenvalue weighted by Gasteiger charge is 2.11. The average molecular weight is 273 g/mol. The van der Waals surface area contributed by atoms with Gasteiger partial charge in [-0.05, 0) is 19.1 Å². The molecule has 104 valence electrons. The van der Waals surface area contributed by atoms with E-state index in [-0.39, 0.29) is 11.7 Å². The number of nitrogens with zero attached hydrogens (tertiary/aromatic N) is 1. The SMILES string of the molecule is COc1ncccc1CNC(=O)c1cc(C(C)=O)c[nH]1. The zero-order valence-electron chi connectivity index (χ0n) is 11.3. The average Bonchev–Trinajstić information content (AvgIpc) is 2.95. The van der Waals surface area contributed by atoms with Crippen molar-refractivity contribution in [1.82, 2.24) is 15.3 Å². The van der Waals surface area contributed by atoms with Crippen LogP contribution in [0.1, 0.15) is 33.3 Å². The summed E-state index contributed by atoms with van der Waals surface area (Å²) in [5.74, 6) is 0.0985. The summed E-state index contributed by atoms with van der Waals surface area (Å²) in [4.78, 5) is 29.9. The zero-order chi connectivity index (χ0) is 14.5. The number of nitrogens with one attached hydrogen (secondary N) is 2. The number of pyridine rings is 1. The van der Waals surface area contributed by atoms with Crippen LogP contribution in [0.3, 0.4) is 0 Å². The highest BCUT2D eigenvalue weighted by Crippen LogP contribution is 2.13. The summed E-state index contributed by atoms with van der Waals surface area (Å²) in [5, 5.41) is 2.74. The molecule has 0 atom stereocenters.